The topological polar surface area (TPSA) is 81.4 Å². The molecular formula is C15H26N2O3S. The minimum Gasteiger partial charge on any atom is -0.492 e. The fourth-order valence-corrected chi connectivity index (χ4v) is 2.71. The highest BCUT2D eigenvalue weighted by Crippen LogP contribution is 2.12. The fourth-order valence-electron chi connectivity index (χ4n) is 1.81. The Kier molecular flexibility index (Phi) is 7.53. The minimum atomic E-state index is -3.26. The molecule has 0 atom stereocenters. The van der Waals surface area contributed by atoms with Crippen molar-refractivity contribution in [3.63, 3.8) is 0 Å². The SMILES string of the molecule is CC(C)CCCCNS(=O)(=O)CCOc1ccc(N)cc1. The summed E-state index contributed by atoms with van der Waals surface area (Å²) < 4.78 is 31.5. The van der Waals surface area contributed by atoms with Crippen LogP contribution in [0.25, 0.3) is 0 Å². The average molecular weight is 314 g/mol. The number of hydrogen-bond donors (Lipinski definition) is 2. The summed E-state index contributed by atoms with van der Waals surface area (Å²) in [4.78, 5) is 0. The van der Waals surface area contributed by atoms with Crippen molar-refractivity contribution in [1.82, 2.24) is 4.72 Å². The molecule has 0 aliphatic heterocycles. The Balaban J connectivity index is 2.19. The number of rotatable bonds is 10. The van der Waals surface area contributed by atoms with E-state index in [1.165, 1.54) is 0 Å². The van der Waals surface area contributed by atoms with Crippen molar-refractivity contribution in [2.45, 2.75) is 33.1 Å². The Bertz CT molecular complexity index is 498. The molecule has 1 rings (SSSR count). The number of benzene rings is 1. The molecule has 5 nitrogen and oxygen atoms in total. The Labute approximate surface area is 127 Å². The molecule has 1 aromatic rings. The predicted molar refractivity (Wildman–Crippen MR) is 86.8 cm³/mol. The highest BCUT2D eigenvalue weighted by atomic mass is 32.2. The van der Waals surface area contributed by atoms with Gasteiger partial charge in [0.15, 0.2) is 0 Å². The van der Waals surface area contributed by atoms with Gasteiger partial charge in [0.1, 0.15) is 12.4 Å². The molecule has 0 heterocycles. The van der Waals surface area contributed by atoms with Gasteiger partial charge in [0.05, 0.1) is 5.75 Å². The standard InChI is InChI=1S/C15H26N2O3S/c1-13(2)5-3-4-10-17-21(18,19)12-11-20-15-8-6-14(16)7-9-15/h6-9,13,17H,3-5,10-12,16H2,1-2H3. The zero-order valence-corrected chi connectivity index (χ0v) is 13.7. The third kappa shape index (κ3) is 8.57. The van der Waals surface area contributed by atoms with E-state index >= 15 is 0 Å². The average Bonchev–Trinajstić information content (AvgIpc) is 2.40. The maximum atomic E-state index is 11.8. The van der Waals surface area contributed by atoms with E-state index in [0.29, 0.717) is 23.9 Å². The lowest BCUT2D eigenvalue weighted by Crippen LogP contribution is -2.29. The number of nitrogens with one attached hydrogen (secondary N) is 1. The monoisotopic (exact) mass is 314 g/mol. The molecule has 0 unspecified atom stereocenters. The summed E-state index contributed by atoms with van der Waals surface area (Å²) in [6.07, 6.45) is 3.04. The smallest absolute Gasteiger partial charge is 0.214 e. The first kappa shape index (κ1) is 17.8. The molecule has 0 saturated carbocycles. The van der Waals surface area contributed by atoms with Crippen molar-refractivity contribution >= 4 is 15.7 Å². The van der Waals surface area contributed by atoms with Gasteiger partial charge in [0, 0.05) is 12.2 Å². The van der Waals surface area contributed by atoms with Gasteiger partial charge in [-0.15, -0.1) is 0 Å². The first-order chi connectivity index (χ1) is 9.89. The second-order valence-electron chi connectivity index (χ2n) is 5.52. The third-order valence-electron chi connectivity index (χ3n) is 3.03. The zero-order valence-electron chi connectivity index (χ0n) is 12.8. The second-order valence-corrected chi connectivity index (χ2v) is 7.45. The number of nitrogen functional groups attached to an aromatic ring is 1. The molecule has 0 spiro atoms. The van der Waals surface area contributed by atoms with Gasteiger partial charge >= 0.3 is 0 Å². The summed E-state index contributed by atoms with van der Waals surface area (Å²) in [6, 6.07) is 6.89. The Morgan fingerprint density at radius 1 is 1.19 bits per heavy atom. The van der Waals surface area contributed by atoms with E-state index in [4.69, 9.17) is 10.5 Å². The highest BCUT2D eigenvalue weighted by molar-refractivity contribution is 7.89. The van der Waals surface area contributed by atoms with E-state index in [2.05, 4.69) is 18.6 Å². The molecule has 6 heteroatoms. The number of anilines is 1. The van der Waals surface area contributed by atoms with E-state index in [9.17, 15) is 8.42 Å². The van der Waals surface area contributed by atoms with Crippen LogP contribution >= 0.6 is 0 Å². The van der Waals surface area contributed by atoms with E-state index in [1.807, 2.05) is 0 Å². The van der Waals surface area contributed by atoms with E-state index in [-0.39, 0.29) is 12.4 Å². The number of hydrogen-bond acceptors (Lipinski definition) is 4. The van der Waals surface area contributed by atoms with E-state index in [0.717, 1.165) is 19.3 Å². The molecule has 0 aliphatic carbocycles. The lowest BCUT2D eigenvalue weighted by atomic mass is 10.1. The molecule has 0 saturated heterocycles. The lowest BCUT2D eigenvalue weighted by Gasteiger charge is -2.09. The Morgan fingerprint density at radius 2 is 1.86 bits per heavy atom. The Hall–Kier alpha value is -1.27. The quantitative estimate of drug-likeness (QED) is 0.513. The summed E-state index contributed by atoms with van der Waals surface area (Å²) in [5.74, 6) is 1.24. The van der Waals surface area contributed by atoms with Gasteiger partial charge in [0.2, 0.25) is 10.0 Å². The number of nitrogens with two attached hydrogens (primary N) is 1. The molecule has 120 valence electrons. The number of ether oxygens (including phenoxy) is 1. The molecule has 1 aromatic carbocycles. The van der Waals surface area contributed by atoms with Crippen LogP contribution in [0.1, 0.15) is 33.1 Å². The molecule has 0 fully saturated rings. The largest absolute Gasteiger partial charge is 0.492 e. The second kappa shape index (κ2) is 8.89. The van der Waals surface area contributed by atoms with Crippen LogP contribution in [0, 0.1) is 5.92 Å². The Morgan fingerprint density at radius 3 is 2.48 bits per heavy atom. The van der Waals surface area contributed by atoms with Crippen LogP contribution in [0.5, 0.6) is 5.75 Å². The molecule has 21 heavy (non-hydrogen) atoms. The molecule has 0 aliphatic rings. The first-order valence-electron chi connectivity index (χ1n) is 7.35. The minimum absolute atomic E-state index is 0.0401. The summed E-state index contributed by atoms with van der Waals surface area (Å²) in [6.45, 7) is 4.96. The van der Waals surface area contributed by atoms with Gasteiger partial charge in [-0.3, -0.25) is 0 Å². The summed E-state index contributed by atoms with van der Waals surface area (Å²) in [5.41, 5.74) is 6.21. The van der Waals surface area contributed by atoms with Crippen LogP contribution < -0.4 is 15.2 Å². The number of sulfonamides is 1. The molecule has 0 bridgehead atoms. The molecule has 0 amide bonds. The lowest BCUT2D eigenvalue weighted by molar-refractivity contribution is 0.340. The van der Waals surface area contributed by atoms with Crippen molar-refractivity contribution in [3.05, 3.63) is 24.3 Å². The molecule has 3 N–H and O–H groups in total. The fraction of sp³-hybridized carbons (Fsp3) is 0.600. The zero-order chi connectivity index (χ0) is 15.7. The normalized spacial score (nSPS) is 11.8. The van der Waals surface area contributed by atoms with Gasteiger partial charge < -0.3 is 10.5 Å². The van der Waals surface area contributed by atoms with Gasteiger partial charge in [-0.25, -0.2) is 13.1 Å². The van der Waals surface area contributed by atoms with Crippen LogP contribution in [0.2, 0.25) is 0 Å². The van der Waals surface area contributed by atoms with E-state index in [1.54, 1.807) is 24.3 Å². The van der Waals surface area contributed by atoms with Gasteiger partial charge in [-0.2, -0.15) is 0 Å². The van der Waals surface area contributed by atoms with Crippen molar-refractivity contribution in [3.8, 4) is 5.75 Å². The summed E-state index contributed by atoms with van der Waals surface area (Å²) >= 11 is 0. The van der Waals surface area contributed by atoms with Crippen molar-refractivity contribution < 1.29 is 13.2 Å². The third-order valence-corrected chi connectivity index (χ3v) is 4.38. The number of unbranched alkanes of at least 4 members (excludes halogenated alkanes) is 1. The van der Waals surface area contributed by atoms with Crippen molar-refractivity contribution in [2.24, 2.45) is 5.92 Å². The predicted octanol–water partition coefficient (Wildman–Crippen LogP) is 2.39. The van der Waals surface area contributed by atoms with Gasteiger partial charge in [-0.1, -0.05) is 26.7 Å². The molecular weight excluding hydrogens is 288 g/mol. The first-order valence-corrected chi connectivity index (χ1v) is 9.00. The van der Waals surface area contributed by atoms with Crippen LogP contribution in [0.15, 0.2) is 24.3 Å². The van der Waals surface area contributed by atoms with Crippen LogP contribution in [-0.2, 0) is 10.0 Å². The van der Waals surface area contributed by atoms with Gasteiger partial charge in [0.25, 0.3) is 0 Å². The summed E-state index contributed by atoms with van der Waals surface area (Å²) in [7, 11) is -3.26. The maximum Gasteiger partial charge on any atom is 0.214 e. The summed E-state index contributed by atoms with van der Waals surface area (Å²) in [5, 5.41) is 0. The van der Waals surface area contributed by atoms with E-state index < -0.39 is 10.0 Å². The molecule has 0 aromatic heterocycles. The molecule has 0 radical (unpaired) electrons. The van der Waals surface area contributed by atoms with Crippen molar-refractivity contribution in [1.29, 1.82) is 0 Å². The maximum absolute atomic E-state index is 11.8. The van der Waals surface area contributed by atoms with Crippen LogP contribution in [0.3, 0.4) is 0 Å². The highest BCUT2D eigenvalue weighted by Gasteiger charge is 2.09. The van der Waals surface area contributed by atoms with Crippen molar-refractivity contribution in [2.75, 3.05) is 24.6 Å². The van der Waals surface area contributed by atoms with Crippen LogP contribution in [-0.4, -0.2) is 27.3 Å². The van der Waals surface area contributed by atoms with Gasteiger partial charge in [-0.05, 0) is 36.6 Å². The van der Waals surface area contributed by atoms with Crippen LogP contribution in [0.4, 0.5) is 5.69 Å².